The van der Waals surface area contributed by atoms with E-state index in [2.05, 4.69) is 154 Å². The third-order valence-electron chi connectivity index (χ3n) is 9.28. The van der Waals surface area contributed by atoms with Crippen LogP contribution in [0.1, 0.15) is 0 Å². The van der Waals surface area contributed by atoms with Gasteiger partial charge in [0.1, 0.15) is 0 Å². The first-order valence-electron chi connectivity index (χ1n) is 16.6. The van der Waals surface area contributed by atoms with E-state index in [9.17, 15) is 0 Å². The van der Waals surface area contributed by atoms with Gasteiger partial charge in [-0.25, -0.2) is 0 Å². The largest absolute Gasteiger partial charge is 0.264 e. The first-order chi connectivity index (χ1) is 24.8. The summed E-state index contributed by atoms with van der Waals surface area (Å²) in [6, 6.07) is 52.2. The van der Waals surface area contributed by atoms with Crippen LogP contribution in [0, 0.1) is 0 Å². The Balaban J connectivity index is 0.000000144. The van der Waals surface area contributed by atoms with Crippen molar-refractivity contribution in [3.63, 3.8) is 0 Å². The molecule has 0 aliphatic heterocycles. The molecular formula is C46H30N2PdS2. The first kappa shape index (κ1) is 32.9. The summed E-state index contributed by atoms with van der Waals surface area (Å²) in [5.41, 5.74) is 7.37. The molecule has 0 N–H and O–H groups in total. The Bertz CT molecular complexity index is 2550. The molecule has 6 aromatic carbocycles. The van der Waals surface area contributed by atoms with Crippen molar-refractivity contribution in [3.05, 3.63) is 181 Å². The fraction of sp³-hybridized carbons (Fsp3) is 0. The Hall–Kier alpha value is -5.28. The van der Waals surface area contributed by atoms with Gasteiger partial charge in [0.25, 0.3) is 0 Å². The van der Waals surface area contributed by atoms with Gasteiger partial charge < -0.3 is 0 Å². The molecule has 0 amide bonds. The quantitative estimate of drug-likeness (QED) is 0.131. The standard InChI is InChI=1S/2C23H15NS.Pd/c2*1-5-16-13-17-6-2-9-20(23-10-4-12-25-23)22(17)14-21(16)19(8-1)18-7-3-11-24-15-18;/h2*1-15H;. The summed E-state index contributed by atoms with van der Waals surface area (Å²) < 4.78 is 0. The fourth-order valence-electron chi connectivity index (χ4n) is 6.94. The number of benzene rings is 6. The summed E-state index contributed by atoms with van der Waals surface area (Å²) in [6.45, 7) is 0. The molecule has 5 heteroatoms. The van der Waals surface area contributed by atoms with E-state index in [1.165, 1.54) is 75.1 Å². The van der Waals surface area contributed by atoms with Crippen LogP contribution in [0.5, 0.6) is 0 Å². The number of aromatic nitrogens is 2. The van der Waals surface area contributed by atoms with Gasteiger partial charge >= 0.3 is 0 Å². The molecule has 0 aliphatic rings. The summed E-state index contributed by atoms with van der Waals surface area (Å²) >= 11 is 3.57. The van der Waals surface area contributed by atoms with E-state index >= 15 is 0 Å². The number of hydrogen-bond acceptors (Lipinski definition) is 4. The number of fused-ring (bicyclic) bond motifs is 4. The minimum absolute atomic E-state index is 0. The minimum atomic E-state index is 0. The Morgan fingerprint density at radius 1 is 0.353 bits per heavy atom. The summed E-state index contributed by atoms with van der Waals surface area (Å²) in [5, 5.41) is 14.5. The molecule has 10 aromatic rings. The third kappa shape index (κ3) is 6.42. The average Bonchev–Trinajstić information content (AvgIpc) is 3.92. The van der Waals surface area contributed by atoms with Gasteiger partial charge in [0.05, 0.1) is 0 Å². The molecule has 0 radical (unpaired) electrons. The van der Waals surface area contributed by atoms with Crippen molar-refractivity contribution in [1.29, 1.82) is 0 Å². The maximum atomic E-state index is 4.29. The summed E-state index contributed by atoms with van der Waals surface area (Å²) in [4.78, 5) is 11.2. The molecule has 0 atom stereocenters. The zero-order valence-electron chi connectivity index (χ0n) is 27.3. The molecule has 246 valence electrons. The Labute approximate surface area is 318 Å². The summed E-state index contributed by atoms with van der Waals surface area (Å²) in [7, 11) is 0. The number of hydrogen-bond donors (Lipinski definition) is 0. The number of nitrogens with zero attached hydrogens (tertiary/aromatic N) is 2. The molecular weight excluding hydrogens is 751 g/mol. The van der Waals surface area contributed by atoms with Crippen molar-refractivity contribution < 1.29 is 20.4 Å². The second-order valence-corrected chi connectivity index (χ2v) is 14.1. The molecule has 0 fully saturated rings. The molecule has 0 saturated heterocycles. The van der Waals surface area contributed by atoms with Gasteiger partial charge in [0, 0.05) is 66.1 Å². The summed E-state index contributed by atoms with van der Waals surface area (Å²) in [5.74, 6) is 0. The van der Waals surface area contributed by atoms with Crippen LogP contribution in [0.4, 0.5) is 0 Å². The molecule has 4 aromatic heterocycles. The smallest absolute Gasteiger partial charge is 0.0348 e. The predicted octanol–water partition coefficient (Wildman–Crippen LogP) is 13.6. The summed E-state index contributed by atoms with van der Waals surface area (Å²) in [6.07, 6.45) is 7.51. The maximum absolute atomic E-state index is 4.29. The Morgan fingerprint density at radius 3 is 1.10 bits per heavy atom. The average molecular weight is 781 g/mol. The SMILES string of the molecule is [Pd].c1cncc(-c2cccc3cc4cccc(-c5cccs5)c4cc23)c1.c1cncc(-c2cccc3cc4cccc(-c5cccs5)c4cc23)c1. The number of rotatable bonds is 4. The second kappa shape index (κ2) is 14.5. The molecule has 4 heterocycles. The zero-order chi connectivity index (χ0) is 33.3. The molecule has 2 nitrogen and oxygen atoms in total. The normalized spacial score (nSPS) is 11.0. The van der Waals surface area contributed by atoms with Crippen molar-refractivity contribution in [2.24, 2.45) is 0 Å². The third-order valence-corrected chi connectivity index (χ3v) is 11.1. The van der Waals surface area contributed by atoms with E-state index in [-0.39, 0.29) is 20.4 Å². The van der Waals surface area contributed by atoms with E-state index in [0.717, 1.165) is 11.1 Å². The van der Waals surface area contributed by atoms with Crippen molar-refractivity contribution >= 4 is 65.8 Å². The van der Waals surface area contributed by atoms with Crippen LogP contribution in [0.15, 0.2) is 181 Å². The molecule has 0 bridgehead atoms. The van der Waals surface area contributed by atoms with E-state index in [0.29, 0.717) is 0 Å². The molecule has 51 heavy (non-hydrogen) atoms. The van der Waals surface area contributed by atoms with Crippen LogP contribution in [0.2, 0.25) is 0 Å². The van der Waals surface area contributed by atoms with Crippen molar-refractivity contribution in [3.8, 4) is 43.1 Å². The van der Waals surface area contributed by atoms with Gasteiger partial charge in [-0.3, -0.25) is 9.97 Å². The van der Waals surface area contributed by atoms with E-state index in [1.807, 2.05) is 36.9 Å². The Morgan fingerprint density at radius 2 is 0.745 bits per heavy atom. The van der Waals surface area contributed by atoms with Gasteiger partial charge in [0.15, 0.2) is 0 Å². The topological polar surface area (TPSA) is 25.8 Å². The van der Waals surface area contributed by atoms with Crippen LogP contribution in [0.3, 0.4) is 0 Å². The van der Waals surface area contributed by atoms with E-state index < -0.39 is 0 Å². The van der Waals surface area contributed by atoms with Gasteiger partial charge in [-0.15, -0.1) is 22.7 Å². The monoisotopic (exact) mass is 780 g/mol. The van der Waals surface area contributed by atoms with Crippen LogP contribution in [-0.2, 0) is 20.4 Å². The first-order valence-corrected chi connectivity index (χ1v) is 18.4. The number of pyridine rings is 2. The van der Waals surface area contributed by atoms with Crippen LogP contribution >= 0.6 is 22.7 Å². The van der Waals surface area contributed by atoms with Crippen LogP contribution in [0.25, 0.3) is 86.2 Å². The van der Waals surface area contributed by atoms with Gasteiger partial charge in [-0.05, 0) is 125 Å². The predicted molar refractivity (Wildman–Crippen MR) is 216 cm³/mol. The second-order valence-electron chi connectivity index (χ2n) is 12.2. The maximum Gasteiger partial charge on any atom is 0.0348 e. The number of thiophene rings is 2. The van der Waals surface area contributed by atoms with Crippen LogP contribution < -0.4 is 0 Å². The Kier molecular flexibility index (Phi) is 9.37. The zero-order valence-corrected chi connectivity index (χ0v) is 30.5. The van der Waals surface area contributed by atoms with E-state index in [4.69, 9.17) is 0 Å². The molecule has 0 saturated carbocycles. The minimum Gasteiger partial charge on any atom is -0.264 e. The molecule has 0 aliphatic carbocycles. The molecule has 10 rings (SSSR count). The van der Waals surface area contributed by atoms with Crippen molar-refractivity contribution in [1.82, 2.24) is 9.97 Å². The van der Waals surface area contributed by atoms with Gasteiger partial charge in [0.2, 0.25) is 0 Å². The van der Waals surface area contributed by atoms with Crippen LogP contribution in [-0.4, -0.2) is 9.97 Å². The molecule has 0 spiro atoms. The fourth-order valence-corrected chi connectivity index (χ4v) is 8.48. The van der Waals surface area contributed by atoms with Gasteiger partial charge in [-0.2, -0.15) is 0 Å². The van der Waals surface area contributed by atoms with Crippen molar-refractivity contribution in [2.45, 2.75) is 0 Å². The van der Waals surface area contributed by atoms with Crippen molar-refractivity contribution in [2.75, 3.05) is 0 Å². The van der Waals surface area contributed by atoms with Gasteiger partial charge in [-0.1, -0.05) is 97.1 Å². The molecule has 0 unspecified atom stereocenters. The van der Waals surface area contributed by atoms with E-state index in [1.54, 1.807) is 22.7 Å².